The van der Waals surface area contributed by atoms with Gasteiger partial charge in [0.15, 0.2) is 0 Å². The number of allylic oxidation sites excluding steroid dienone is 1. The van der Waals surface area contributed by atoms with Crippen molar-refractivity contribution in [1.82, 2.24) is 15.1 Å². The van der Waals surface area contributed by atoms with Crippen LogP contribution in [-0.4, -0.2) is 102 Å². The fourth-order valence-corrected chi connectivity index (χ4v) is 7.81. The van der Waals surface area contributed by atoms with Crippen LogP contribution in [0.2, 0.25) is 0 Å². The first-order valence-electron chi connectivity index (χ1n) is 17.9. The van der Waals surface area contributed by atoms with E-state index in [-0.39, 0.29) is 37.4 Å². The Morgan fingerprint density at radius 1 is 1.14 bits per heavy atom. The highest BCUT2D eigenvalue weighted by Gasteiger charge is 2.75. The minimum atomic E-state index is -1.16. The first-order chi connectivity index (χ1) is 23.8. The summed E-state index contributed by atoms with van der Waals surface area (Å²) >= 11 is 0. The first kappa shape index (κ1) is 38.3. The Morgan fingerprint density at radius 3 is 2.59 bits per heavy atom. The molecule has 11 heteroatoms. The number of nitrogens with one attached hydrogen (secondary N) is 1. The normalized spacial score (nSPS) is 25.0. The molecule has 1 aromatic rings. The molecule has 7 atom stereocenters. The van der Waals surface area contributed by atoms with Crippen molar-refractivity contribution in [2.45, 2.75) is 101 Å². The highest BCUT2D eigenvalue weighted by Crippen LogP contribution is 2.59. The van der Waals surface area contributed by atoms with Gasteiger partial charge < -0.3 is 34.4 Å². The number of aliphatic hydroxyl groups is 1. The summed E-state index contributed by atoms with van der Waals surface area (Å²) in [4.78, 5) is 59.5. The highest BCUT2D eigenvalue weighted by atomic mass is 16.6. The Labute approximate surface area is 291 Å². The third-order valence-corrected chi connectivity index (χ3v) is 10.1. The number of likely N-dealkylation sites (tertiary alicyclic amines) is 1. The van der Waals surface area contributed by atoms with Crippen LogP contribution in [0.3, 0.4) is 0 Å². The van der Waals surface area contributed by atoms with Crippen molar-refractivity contribution in [2.24, 2.45) is 11.8 Å². The quantitative estimate of drug-likeness (QED) is 0.106. The summed E-state index contributed by atoms with van der Waals surface area (Å²) in [5.41, 5.74) is -0.485. The molecule has 270 valence electrons. The molecule has 3 fully saturated rings. The van der Waals surface area contributed by atoms with E-state index in [2.05, 4.69) is 25.4 Å². The molecule has 1 spiro atoms. The van der Waals surface area contributed by atoms with Gasteiger partial charge in [0.2, 0.25) is 17.7 Å². The Kier molecular flexibility index (Phi) is 14.4. The SMILES string of the molecule is C=CCCC(=O)N[C@H](COC)[C@H](OC(=O)[C@@H]1[C@@H]2CC[C@]3(O2)[C@H](C(=O)N(CC=C)CCCCC)N(CCCCCO)C(=O)[C@@H]13)c1ccccc1. The van der Waals surface area contributed by atoms with Crippen LogP contribution in [0, 0.1) is 11.8 Å². The van der Waals surface area contributed by atoms with Crippen LogP contribution >= 0.6 is 0 Å². The Hall–Kier alpha value is -3.54. The molecular formula is C38H55N3O8. The van der Waals surface area contributed by atoms with Crippen molar-refractivity contribution in [3.8, 4) is 0 Å². The molecule has 11 nitrogen and oxygen atoms in total. The van der Waals surface area contributed by atoms with Gasteiger partial charge in [-0.15, -0.1) is 13.2 Å². The number of carbonyl (C=O) groups excluding carboxylic acids is 4. The standard InChI is InChI=1S/C38H55N3O8/c1-5-8-14-23-40(22-7-3)36(45)34-38-21-20-29(49-38)31(32(38)35(44)41(34)24-15-11-16-25-42)37(46)48-33(27-17-12-10-13-18-27)28(26-47-4)39-30(43)19-9-6-2/h6-7,10,12-13,17-18,28-29,31-34,42H,2-3,5,8-9,11,14-16,19-26H2,1,4H3,(H,39,43)/t28-,29+,31-,32-,33-,34+,38-/m1/s1. The van der Waals surface area contributed by atoms with Crippen molar-refractivity contribution >= 4 is 23.7 Å². The van der Waals surface area contributed by atoms with Gasteiger partial charge in [-0.05, 0) is 50.5 Å². The molecule has 49 heavy (non-hydrogen) atoms. The fraction of sp³-hybridized carbons (Fsp3) is 0.632. The van der Waals surface area contributed by atoms with Gasteiger partial charge in [-0.25, -0.2) is 0 Å². The maximum atomic E-state index is 14.5. The molecule has 0 aliphatic carbocycles. The van der Waals surface area contributed by atoms with Crippen molar-refractivity contribution < 1.29 is 38.5 Å². The molecule has 0 unspecified atom stereocenters. The van der Waals surface area contributed by atoms with E-state index < -0.39 is 47.7 Å². The van der Waals surface area contributed by atoms with E-state index in [0.29, 0.717) is 63.7 Å². The Bertz CT molecular complexity index is 1290. The summed E-state index contributed by atoms with van der Waals surface area (Å²) in [7, 11) is 1.52. The van der Waals surface area contributed by atoms with Crippen LogP contribution < -0.4 is 5.32 Å². The lowest BCUT2D eigenvalue weighted by atomic mass is 9.70. The van der Waals surface area contributed by atoms with Gasteiger partial charge in [0.25, 0.3) is 0 Å². The molecular weight excluding hydrogens is 626 g/mol. The maximum absolute atomic E-state index is 14.5. The van der Waals surface area contributed by atoms with E-state index in [1.54, 1.807) is 22.0 Å². The number of benzene rings is 1. The van der Waals surface area contributed by atoms with Crippen molar-refractivity contribution in [2.75, 3.05) is 40.0 Å². The van der Waals surface area contributed by atoms with E-state index >= 15 is 0 Å². The third-order valence-electron chi connectivity index (χ3n) is 10.1. The smallest absolute Gasteiger partial charge is 0.313 e. The zero-order valence-corrected chi connectivity index (χ0v) is 29.2. The number of hydrogen-bond acceptors (Lipinski definition) is 8. The van der Waals surface area contributed by atoms with Gasteiger partial charge in [0.05, 0.1) is 30.6 Å². The minimum absolute atomic E-state index is 0.0491. The van der Waals surface area contributed by atoms with E-state index in [1.807, 2.05) is 30.3 Å². The Balaban J connectivity index is 1.66. The lowest BCUT2D eigenvalue weighted by molar-refractivity contribution is -0.163. The van der Waals surface area contributed by atoms with Crippen LogP contribution in [-0.2, 0) is 33.4 Å². The summed E-state index contributed by atoms with van der Waals surface area (Å²) in [5, 5.41) is 12.3. The van der Waals surface area contributed by atoms with Gasteiger partial charge in [0.1, 0.15) is 17.7 Å². The van der Waals surface area contributed by atoms with E-state index in [1.165, 1.54) is 7.11 Å². The maximum Gasteiger partial charge on any atom is 0.313 e. The molecule has 3 aliphatic rings. The molecule has 3 heterocycles. The number of carbonyl (C=O) groups is 4. The number of methoxy groups -OCH3 is 1. The second-order valence-electron chi connectivity index (χ2n) is 13.4. The average molecular weight is 682 g/mol. The molecule has 0 radical (unpaired) electrons. The van der Waals surface area contributed by atoms with E-state index in [9.17, 15) is 24.3 Å². The van der Waals surface area contributed by atoms with Gasteiger partial charge in [-0.1, -0.05) is 62.2 Å². The van der Waals surface area contributed by atoms with E-state index in [0.717, 1.165) is 19.3 Å². The predicted octanol–water partition coefficient (Wildman–Crippen LogP) is 4.11. The monoisotopic (exact) mass is 681 g/mol. The van der Waals surface area contributed by atoms with Gasteiger partial charge >= 0.3 is 5.97 Å². The lowest BCUT2D eigenvalue weighted by Crippen LogP contribution is -2.56. The summed E-state index contributed by atoms with van der Waals surface area (Å²) in [6, 6.07) is 7.59. The number of aliphatic hydroxyl groups excluding tert-OH is 1. The summed E-state index contributed by atoms with van der Waals surface area (Å²) in [6.45, 7) is 11.0. The number of rotatable bonds is 22. The second kappa shape index (κ2) is 18.5. The number of nitrogens with zero attached hydrogens (tertiary/aromatic N) is 2. The number of ether oxygens (including phenoxy) is 3. The van der Waals surface area contributed by atoms with E-state index in [4.69, 9.17) is 14.2 Å². The molecule has 2 bridgehead atoms. The summed E-state index contributed by atoms with van der Waals surface area (Å²) in [6.07, 6.45) is 8.28. The molecule has 3 saturated heterocycles. The zero-order valence-electron chi connectivity index (χ0n) is 29.2. The molecule has 2 N–H and O–H groups in total. The largest absolute Gasteiger partial charge is 0.455 e. The minimum Gasteiger partial charge on any atom is -0.455 e. The van der Waals surface area contributed by atoms with Crippen LogP contribution in [0.25, 0.3) is 0 Å². The van der Waals surface area contributed by atoms with Crippen LogP contribution in [0.5, 0.6) is 0 Å². The third kappa shape index (κ3) is 8.61. The first-order valence-corrected chi connectivity index (χ1v) is 17.9. The number of amides is 3. The van der Waals surface area contributed by atoms with Crippen molar-refractivity contribution in [3.05, 3.63) is 61.2 Å². The molecule has 0 aromatic heterocycles. The predicted molar refractivity (Wildman–Crippen MR) is 185 cm³/mol. The average Bonchev–Trinajstić information content (AvgIpc) is 3.75. The number of fused-ring (bicyclic) bond motifs is 1. The highest BCUT2D eigenvalue weighted by molar-refractivity contribution is 5.98. The number of hydrogen-bond donors (Lipinski definition) is 2. The van der Waals surface area contributed by atoms with Gasteiger partial charge in [0, 0.05) is 39.8 Å². The number of unbranched alkanes of at least 4 members (excludes halogenated alkanes) is 4. The summed E-state index contributed by atoms with van der Waals surface area (Å²) < 4.78 is 18.4. The van der Waals surface area contributed by atoms with Crippen LogP contribution in [0.1, 0.15) is 82.8 Å². The second-order valence-corrected chi connectivity index (χ2v) is 13.4. The van der Waals surface area contributed by atoms with Gasteiger partial charge in [-0.2, -0.15) is 0 Å². The molecule has 4 rings (SSSR count). The molecule has 3 aliphatic heterocycles. The lowest BCUT2D eigenvalue weighted by Gasteiger charge is -2.37. The van der Waals surface area contributed by atoms with Crippen molar-refractivity contribution in [3.63, 3.8) is 0 Å². The Morgan fingerprint density at radius 2 is 1.92 bits per heavy atom. The van der Waals surface area contributed by atoms with Crippen LogP contribution in [0.15, 0.2) is 55.6 Å². The molecule has 1 aromatic carbocycles. The molecule has 3 amide bonds. The zero-order chi connectivity index (χ0) is 35.4. The summed E-state index contributed by atoms with van der Waals surface area (Å²) in [5.74, 6) is -3.09. The van der Waals surface area contributed by atoms with Gasteiger partial charge in [-0.3, -0.25) is 19.2 Å². The topological polar surface area (TPSA) is 135 Å². The molecule has 0 saturated carbocycles. The van der Waals surface area contributed by atoms with Crippen molar-refractivity contribution in [1.29, 1.82) is 0 Å². The number of esters is 1. The fourth-order valence-electron chi connectivity index (χ4n) is 7.81. The van der Waals surface area contributed by atoms with Crippen LogP contribution in [0.4, 0.5) is 0 Å².